The van der Waals surface area contributed by atoms with Crippen LogP contribution in [0.25, 0.3) is 79.2 Å². The number of hydrogen-bond donors (Lipinski definition) is 0. The van der Waals surface area contributed by atoms with E-state index in [0.717, 1.165) is 61.7 Å². The maximum Gasteiger partial charge on any atom is 0.164 e. The lowest BCUT2D eigenvalue weighted by molar-refractivity contribution is 1.07. The fraction of sp³-hybridized carbons (Fsp3) is 0. The number of nitrogens with zero attached hydrogens (tertiary/aromatic N) is 6. The van der Waals surface area contributed by atoms with E-state index in [9.17, 15) is 0 Å². The third-order valence-corrected chi connectivity index (χ3v) is 8.06. The molecule has 226 valence electrons. The van der Waals surface area contributed by atoms with E-state index in [1.807, 2.05) is 109 Å². The van der Waals surface area contributed by atoms with Gasteiger partial charge in [0.05, 0.1) is 22.8 Å². The smallest absolute Gasteiger partial charge is 0.164 e. The molecule has 0 fully saturated rings. The average molecular weight is 617 g/mol. The Hall–Kier alpha value is -6.66. The van der Waals surface area contributed by atoms with Crippen LogP contribution in [0.1, 0.15) is 0 Å². The predicted octanol–water partition coefficient (Wildman–Crippen LogP) is 9.73. The van der Waals surface area contributed by atoms with Gasteiger partial charge in [-0.15, -0.1) is 0 Å². The van der Waals surface area contributed by atoms with Crippen molar-refractivity contribution in [3.63, 3.8) is 0 Å². The summed E-state index contributed by atoms with van der Waals surface area (Å²) >= 11 is 0. The Morgan fingerprint density at radius 1 is 0.292 bits per heavy atom. The Kier molecular flexibility index (Phi) is 7.79. The van der Waals surface area contributed by atoms with Crippen molar-refractivity contribution in [1.82, 2.24) is 29.9 Å². The van der Waals surface area contributed by atoms with Crippen molar-refractivity contribution < 1.29 is 0 Å². The van der Waals surface area contributed by atoms with Crippen molar-refractivity contribution >= 4 is 0 Å². The molecule has 0 aliphatic heterocycles. The molecule has 0 saturated heterocycles. The topological polar surface area (TPSA) is 77.3 Å². The first-order valence-corrected chi connectivity index (χ1v) is 15.7. The molecular formula is C42H28N6. The summed E-state index contributed by atoms with van der Waals surface area (Å²) < 4.78 is 0. The molecule has 0 aliphatic carbocycles. The highest BCUT2D eigenvalue weighted by Crippen LogP contribution is 2.35. The second-order valence-corrected chi connectivity index (χ2v) is 11.2. The van der Waals surface area contributed by atoms with Gasteiger partial charge >= 0.3 is 0 Å². The summed E-state index contributed by atoms with van der Waals surface area (Å²) in [7, 11) is 0. The minimum absolute atomic E-state index is 0.609. The lowest BCUT2D eigenvalue weighted by Gasteiger charge is -2.13. The lowest BCUT2D eigenvalue weighted by atomic mass is 9.98. The summed E-state index contributed by atoms with van der Waals surface area (Å²) in [5.41, 5.74) is 10.0. The van der Waals surface area contributed by atoms with Gasteiger partial charge in [-0.25, -0.2) is 19.9 Å². The summed E-state index contributed by atoms with van der Waals surface area (Å²) in [6.45, 7) is 0. The molecule has 0 aliphatic rings. The van der Waals surface area contributed by atoms with Crippen LogP contribution >= 0.6 is 0 Å². The van der Waals surface area contributed by atoms with E-state index < -0.39 is 0 Å². The van der Waals surface area contributed by atoms with Gasteiger partial charge in [0.15, 0.2) is 17.5 Å². The van der Waals surface area contributed by atoms with E-state index in [1.165, 1.54) is 0 Å². The van der Waals surface area contributed by atoms with E-state index in [1.54, 1.807) is 6.20 Å². The van der Waals surface area contributed by atoms with Crippen LogP contribution in [0.2, 0.25) is 0 Å². The van der Waals surface area contributed by atoms with E-state index in [2.05, 4.69) is 59.6 Å². The van der Waals surface area contributed by atoms with Crippen molar-refractivity contribution in [2.45, 2.75) is 0 Å². The van der Waals surface area contributed by atoms with Gasteiger partial charge in [-0.3, -0.25) is 9.97 Å². The highest BCUT2D eigenvalue weighted by molar-refractivity contribution is 5.83. The zero-order valence-electron chi connectivity index (χ0n) is 25.8. The molecule has 0 N–H and O–H groups in total. The van der Waals surface area contributed by atoms with Gasteiger partial charge in [-0.1, -0.05) is 127 Å². The SMILES string of the molecule is c1ccc(-c2cc(-c3ccccn3)nc(-c3ncccc3-c3ccc(-c4nc(-c5ccccc5)nc(-c5ccccc5)n4)cc3)c2)cc1. The molecular weight excluding hydrogens is 589 g/mol. The Bertz CT molecular complexity index is 2190. The van der Waals surface area contributed by atoms with Crippen LogP contribution < -0.4 is 0 Å². The van der Waals surface area contributed by atoms with Crippen molar-refractivity contribution in [2.75, 3.05) is 0 Å². The van der Waals surface area contributed by atoms with Crippen LogP contribution in [-0.2, 0) is 0 Å². The third kappa shape index (κ3) is 5.98. The summed E-state index contributed by atoms with van der Waals surface area (Å²) in [4.78, 5) is 29.1. The van der Waals surface area contributed by atoms with Crippen molar-refractivity contribution in [1.29, 1.82) is 0 Å². The molecule has 0 unspecified atom stereocenters. The van der Waals surface area contributed by atoms with E-state index in [0.29, 0.717) is 17.5 Å². The fourth-order valence-electron chi connectivity index (χ4n) is 5.67. The van der Waals surface area contributed by atoms with Crippen molar-refractivity contribution in [2.24, 2.45) is 0 Å². The quantitative estimate of drug-likeness (QED) is 0.177. The van der Waals surface area contributed by atoms with Gasteiger partial charge in [-0.2, -0.15) is 0 Å². The largest absolute Gasteiger partial charge is 0.255 e. The van der Waals surface area contributed by atoms with Crippen LogP contribution in [0.4, 0.5) is 0 Å². The summed E-state index contributed by atoms with van der Waals surface area (Å²) in [6.07, 6.45) is 3.60. The number of pyridine rings is 3. The third-order valence-electron chi connectivity index (χ3n) is 8.06. The Labute approximate surface area is 278 Å². The molecule has 6 heteroatoms. The van der Waals surface area contributed by atoms with Gasteiger partial charge < -0.3 is 0 Å². The number of rotatable bonds is 7. The number of hydrogen-bond acceptors (Lipinski definition) is 6. The van der Waals surface area contributed by atoms with Crippen LogP contribution in [-0.4, -0.2) is 29.9 Å². The Balaban J connectivity index is 1.21. The fourth-order valence-corrected chi connectivity index (χ4v) is 5.67. The molecule has 0 atom stereocenters. The predicted molar refractivity (Wildman–Crippen MR) is 191 cm³/mol. The number of benzene rings is 4. The molecule has 0 radical (unpaired) electrons. The van der Waals surface area contributed by atoms with Gasteiger partial charge in [0.25, 0.3) is 0 Å². The lowest BCUT2D eigenvalue weighted by Crippen LogP contribution is -2.00. The molecule has 4 heterocycles. The minimum Gasteiger partial charge on any atom is -0.255 e. The normalized spacial score (nSPS) is 10.9. The molecule has 0 amide bonds. The zero-order valence-corrected chi connectivity index (χ0v) is 25.8. The summed E-state index contributed by atoms with van der Waals surface area (Å²) in [6, 6.07) is 52.7. The summed E-state index contributed by atoms with van der Waals surface area (Å²) in [5.74, 6) is 1.87. The van der Waals surface area contributed by atoms with Crippen molar-refractivity contribution in [3.05, 3.63) is 170 Å². The second-order valence-electron chi connectivity index (χ2n) is 11.2. The van der Waals surface area contributed by atoms with Crippen LogP contribution in [0.15, 0.2) is 170 Å². The van der Waals surface area contributed by atoms with Gasteiger partial charge in [-0.05, 0) is 47.0 Å². The van der Waals surface area contributed by atoms with Crippen LogP contribution in [0.3, 0.4) is 0 Å². The average Bonchev–Trinajstić information content (AvgIpc) is 3.19. The second kappa shape index (κ2) is 13.0. The van der Waals surface area contributed by atoms with E-state index in [4.69, 9.17) is 24.9 Å². The molecule has 8 aromatic rings. The first-order chi connectivity index (χ1) is 23.8. The van der Waals surface area contributed by atoms with Crippen molar-refractivity contribution in [3.8, 4) is 79.2 Å². The Morgan fingerprint density at radius 2 is 0.792 bits per heavy atom. The molecule has 4 aromatic heterocycles. The van der Waals surface area contributed by atoms with Gasteiger partial charge in [0.2, 0.25) is 0 Å². The molecule has 0 bridgehead atoms. The molecule has 48 heavy (non-hydrogen) atoms. The summed E-state index contributed by atoms with van der Waals surface area (Å²) in [5, 5.41) is 0. The standard InChI is InChI=1S/C42H28N6/c1-4-13-29(14-5-1)34-27-37(36-20-10-11-25-43-36)45-38(28-34)39-35(19-12-26-44-39)30-21-23-33(24-22-30)42-47-40(31-15-6-2-7-16-31)46-41(48-42)32-17-8-3-9-18-32/h1-28H. The molecule has 6 nitrogen and oxygen atoms in total. The van der Waals surface area contributed by atoms with Gasteiger partial charge in [0.1, 0.15) is 0 Å². The maximum absolute atomic E-state index is 5.08. The maximum atomic E-state index is 5.08. The highest BCUT2D eigenvalue weighted by Gasteiger charge is 2.16. The molecule has 8 rings (SSSR count). The molecule has 0 saturated carbocycles. The van der Waals surface area contributed by atoms with E-state index >= 15 is 0 Å². The minimum atomic E-state index is 0.609. The number of aromatic nitrogens is 6. The molecule has 4 aromatic carbocycles. The zero-order chi connectivity index (χ0) is 32.1. The Morgan fingerprint density at radius 3 is 1.38 bits per heavy atom. The monoisotopic (exact) mass is 616 g/mol. The van der Waals surface area contributed by atoms with Crippen LogP contribution in [0, 0.1) is 0 Å². The first-order valence-electron chi connectivity index (χ1n) is 15.7. The van der Waals surface area contributed by atoms with Gasteiger partial charge in [0, 0.05) is 34.6 Å². The first kappa shape index (κ1) is 28.8. The van der Waals surface area contributed by atoms with Crippen LogP contribution in [0.5, 0.6) is 0 Å². The highest BCUT2D eigenvalue weighted by atomic mass is 15.0. The molecule has 0 spiro atoms. The van der Waals surface area contributed by atoms with E-state index in [-0.39, 0.29) is 0 Å².